The molecular weight excluding hydrogens is 379 g/mol. The maximum atomic E-state index is 12.5. The van der Waals surface area contributed by atoms with E-state index in [1.165, 1.54) is 18.2 Å². The molecule has 0 aliphatic carbocycles. The molecule has 4 aromatic rings. The Morgan fingerprint density at radius 2 is 1.69 bits per heavy atom. The second kappa shape index (κ2) is 5.90. The molecule has 0 atom stereocenters. The monoisotopic (exact) mass is 388 g/mol. The number of hydrogen-bond donors (Lipinski definition) is 1. The van der Waals surface area contributed by atoms with Crippen molar-refractivity contribution >= 4 is 45.1 Å². The quantitative estimate of drug-likeness (QED) is 0.469. The fourth-order valence-corrected chi connectivity index (χ4v) is 3.47. The van der Waals surface area contributed by atoms with Crippen LogP contribution in [0.25, 0.3) is 33.1 Å². The van der Waals surface area contributed by atoms with Crippen LogP contribution < -0.4 is 11.3 Å². The summed E-state index contributed by atoms with van der Waals surface area (Å²) in [6.07, 6.45) is 0. The van der Waals surface area contributed by atoms with Crippen LogP contribution in [0.3, 0.4) is 0 Å². The van der Waals surface area contributed by atoms with Crippen LogP contribution in [0.15, 0.2) is 54.8 Å². The van der Waals surface area contributed by atoms with Gasteiger partial charge in [0.2, 0.25) is 0 Å². The molecule has 130 valence electrons. The minimum absolute atomic E-state index is 0.0121. The van der Waals surface area contributed by atoms with Gasteiger partial charge in [-0.2, -0.15) is 0 Å². The number of phenolic OH excluding ortho intramolecular Hbond substituents is 1. The molecule has 0 unspecified atom stereocenters. The SMILES string of the molecule is Cc1c(O)ccc2c(-c3cc4cc(Cl)cc(Cl)c4oc3=O)cc(=O)oc12. The zero-order chi connectivity index (χ0) is 18.6. The van der Waals surface area contributed by atoms with Crippen molar-refractivity contribution < 1.29 is 13.9 Å². The van der Waals surface area contributed by atoms with E-state index in [4.69, 9.17) is 32.0 Å². The Kier molecular flexibility index (Phi) is 3.79. The summed E-state index contributed by atoms with van der Waals surface area (Å²) in [6, 6.07) is 8.91. The fraction of sp³-hybridized carbons (Fsp3) is 0.0526. The summed E-state index contributed by atoms with van der Waals surface area (Å²) in [5.74, 6) is -0.0121. The molecule has 1 N–H and O–H groups in total. The van der Waals surface area contributed by atoms with Gasteiger partial charge in [-0.15, -0.1) is 0 Å². The molecule has 0 amide bonds. The van der Waals surface area contributed by atoms with E-state index in [2.05, 4.69) is 0 Å². The van der Waals surface area contributed by atoms with Crippen molar-refractivity contribution in [2.45, 2.75) is 6.92 Å². The van der Waals surface area contributed by atoms with Crippen molar-refractivity contribution in [1.82, 2.24) is 0 Å². The van der Waals surface area contributed by atoms with E-state index in [1.54, 1.807) is 25.1 Å². The van der Waals surface area contributed by atoms with Crippen LogP contribution in [0.1, 0.15) is 5.56 Å². The lowest BCUT2D eigenvalue weighted by Crippen LogP contribution is -2.07. The van der Waals surface area contributed by atoms with Gasteiger partial charge in [-0.05, 0) is 37.3 Å². The molecule has 5 nitrogen and oxygen atoms in total. The first-order valence-electron chi connectivity index (χ1n) is 7.55. The topological polar surface area (TPSA) is 80.7 Å². The molecule has 26 heavy (non-hydrogen) atoms. The summed E-state index contributed by atoms with van der Waals surface area (Å²) in [5.41, 5.74) is 0.0221. The van der Waals surface area contributed by atoms with Crippen molar-refractivity contribution in [2.75, 3.05) is 0 Å². The van der Waals surface area contributed by atoms with Crippen molar-refractivity contribution in [2.24, 2.45) is 0 Å². The zero-order valence-corrected chi connectivity index (χ0v) is 14.8. The Morgan fingerprint density at radius 1 is 0.923 bits per heavy atom. The first kappa shape index (κ1) is 16.7. The van der Waals surface area contributed by atoms with Crippen LogP contribution in [0.2, 0.25) is 10.0 Å². The first-order valence-corrected chi connectivity index (χ1v) is 8.30. The molecule has 0 aliphatic rings. The molecule has 0 aliphatic heterocycles. The van der Waals surface area contributed by atoms with Gasteiger partial charge in [0.25, 0.3) is 0 Å². The molecule has 0 saturated carbocycles. The summed E-state index contributed by atoms with van der Waals surface area (Å²) < 4.78 is 10.6. The number of aromatic hydroxyl groups is 1. The first-order chi connectivity index (χ1) is 12.3. The van der Waals surface area contributed by atoms with E-state index < -0.39 is 11.3 Å². The molecule has 0 spiro atoms. The second-order valence-electron chi connectivity index (χ2n) is 5.82. The largest absolute Gasteiger partial charge is 0.508 e. The Balaban J connectivity index is 2.14. The van der Waals surface area contributed by atoms with Crippen LogP contribution in [0, 0.1) is 6.92 Å². The molecule has 2 heterocycles. The van der Waals surface area contributed by atoms with E-state index in [0.29, 0.717) is 26.9 Å². The lowest BCUT2D eigenvalue weighted by molar-refractivity contribution is 0.468. The van der Waals surface area contributed by atoms with Gasteiger partial charge >= 0.3 is 11.3 Å². The van der Waals surface area contributed by atoms with Gasteiger partial charge in [-0.25, -0.2) is 9.59 Å². The van der Waals surface area contributed by atoms with E-state index in [1.807, 2.05) is 0 Å². The van der Waals surface area contributed by atoms with Crippen LogP contribution in [-0.4, -0.2) is 5.11 Å². The van der Waals surface area contributed by atoms with E-state index in [-0.39, 0.29) is 27.5 Å². The van der Waals surface area contributed by atoms with Gasteiger partial charge < -0.3 is 13.9 Å². The predicted molar refractivity (Wildman–Crippen MR) is 100 cm³/mol. The molecule has 4 rings (SSSR count). The van der Waals surface area contributed by atoms with Gasteiger partial charge in [0, 0.05) is 33.0 Å². The minimum Gasteiger partial charge on any atom is -0.508 e. The predicted octanol–water partition coefficient (Wildman–Crippen LogP) is 4.89. The Hall–Kier alpha value is -2.76. The fourth-order valence-electron chi connectivity index (χ4n) is 2.92. The number of aryl methyl sites for hydroxylation is 1. The molecule has 0 bridgehead atoms. The zero-order valence-electron chi connectivity index (χ0n) is 13.3. The van der Waals surface area contributed by atoms with Gasteiger partial charge in [-0.3, -0.25) is 0 Å². The maximum absolute atomic E-state index is 12.5. The standard InChI is InChI=1S/C19H10Cl2O5/c1-8-15(22)3-2-11-12(7-16(23)25-17(8)11)13-5-9-4-10(20)6-14(21)18(9)26-19(13)24/h2-7,22H,1H3. The van der Waals surface area contributed by atoms with E-state index in [9.17, 15) is 14.7 Å². The highest BCUT2D eigenvalue weighted by Gasteiger charge is 2.17. The van der Waals surface area contributed by atoms with Crippen LogP contribution in [-0.2, 0) is 0 Å². The van der Waals surface area contributed by atoms with Gasteiger partial charge in [0.05, 0.1) is 10.6 Å². The summed E-state index contributed by atoms with van der Waals surface area (Å²) in [7, 11) is 0. The van der Waals surface area contributed by atoms with Crippen molar-refractivity contribution in [3.63, 3.8) is 0 Å². The second-order valence-corrected chi connectivity index (χ2v) is 6.66. The minimum atomic E-state index is -0.653. The highest BCUT2D eigenvalue weighted by molar-refractivity contribution is 6.38. The number of halogens is 2. The van der Waals surface area contributed by atoms with E-state index >= 15 is 0 Å². The number of phenols is 1. The molecule has 2 aromatic carbocycles. The highest BCUT2D eigenvalue weighted by Crippen LogP contribution is 2.34. The Labute approximate surface area is 156 Å². The summed E-state index contributed by atoms with van der Waals surface area (Å²) in [6.45, 7) is 1.62. The van der Waals surface area contributed by atoms with E-state index in [0.717, 1.165) is 0 Å². The van der Waals surface area contributed by atoms with Crippen molar-refractivity contribution in [3.05, 3.63) is 72.8 Å². The molecule has 7 heteroatoms. The van der Waals surface area contributed by atoms with Crippen molar-refractivity contribution in [3.8, 4) is 16.9 Å². The average molecular weight is 389 g/mol. The summed E-state index contributed by atoms with van der Waals surface area (Å²) >= 11 is 12.1. The van der Waals surface area contributed by atoms with Crippen LogP contribution in [0.5, 0.6) is 5.75 Å². The molecule has 0 fully saturated rings. The maximum Gasteiger partial charge on any atom is 0.344 e. The third kappa shape index (κ3) is 2.57. The van der Waals surface area contributed by atoms with Crippen LogP contribution in [0.4, 0.5) is 0 Å². The third-order valence-corrected chi connectivity index (χ3v) is 4.67. The third-order valence-electron chi connectivity index (χ3n) is 4.17. The number of fused-ring (bicyclic) bond motifs is 2. The number of hydrogen-bond acceptors (Lipinski definition) is 5. The molecule has 2 aromatic heterocycles. The Morgan fingerprint density at radius 3 is 2.46 bits per heavy atom. The molecular formula is C19H10Cl2O5. The molecule has 0 radical (unpaired) electrons. The van der Waals surface area contributed by atoms with Gasteiger partial charge in [-0.1, -0.05) is 23.2 Å². The molecule has 0 saturated heterocycles. The van der Waals surface area contributed by atoms with Crippen LogP contribution >= 0.6 is 23.2 Å². The smallest absolute Gasteiger partial charge is 0.344 e. The van der Waals surface area contributed by atoms with Crippen molar-refractivity contribution in [1.29, 1.82) is 0 Å². The lowest BCUT2D eigenvalue weighted by atomic mass is 10.0. The van der Waals surface area contributed by atoms with Gasteiger partial charge in [0.15, 0.2) is 5.58 Å². The Bertz CT molecular complexity index is 1320. The summed E-state index contributed by atoms with van der Waals surface area (Å²) in [5, 5.41) is 11.5. The summed E-state index contributed by atoms with van der Waals surface area (Å²) in [4.78, 5) is 24.5. The number of rotatable bonds is 1. The number of benzene rings is 2. The highest BCUT2D eigenvalue weighted by atomic mass is 35.5. The lowest BCUT2D eigenvalue weighted by Gasteiger charge is -2.09. The average Bonchev–Trinajstić information content (AvgIpc) is 2.58. The van der Waals surface area contributed by atoms with Gasteiger partial charge in [0.1, 0.15) is 11.3 Å². The normalized spacial score (nSPS) is 11.3.